The van der Waals surface area contributed by atoms with Crippen LogP contribution >= 0.6 is 0 Å². The smallest absolute Gasteiger partial charge is 0.251 e. The number of benzene rings is 1. The highest BCUT2D eigenvalue weighted by atomic mass is 16.2. The van der Waals surface area contributed by atoms with Crippen LogP contribution in [0.1, 0.15) is 175 Å². The van der Waals surface area contributed by atoms with E-state index >= 15 is 0 Å². The van der Waals surface area contributed by atoms with Crippen molar-refractivity contribution in [3.8, 4) is 0 Å². The van der Waals surface area contributed by atoms with Crippen molar-refractivity contribution in [3.05, 3.63) is 35.9 Å². The summed E-state index contributed by atoms with van der Waals surface area (Å²) in [6.07, 6.45) is 22.5. The van der Waals surface area contributed by atoms with Gasteiger partial charge in [0, 0.05) is 36.0 Å². The summed E-state index contributed by atoms with van der Waals surface area (Å²) in [7, 11) is 0. The largest absolute Gasteiger partial charge is 0.353 e. The summed E-state index contributed by atoms with van der Waals surface area (Å²) >= 11 is 0. The van der Waals surface area contributed by atoms with Gasteiger partial charge < -0.3 is 5.32 Å². The fraction of sp³-hybridized carbons (Fsp3) is 0.756. The molecular formula is C41H68N4O4. The number of piperidine rings is 1. The molecule has 0 spiro atoms. The van der Waals surface area contributed by atoms with Crippen molar-refractivity contribution in [1.29, 1.82) is 0 Å². The van der Waals surface area contributed by atoms with Gasteiger partial charge in [0.25, 0.3) is 5.91 Å². The Balaban J connectivity index is 1.27. The number of imide groups is 1. The van der Waals surface area contributed by atoms with Crippen LogP contribution in [-0.2, 0) is 25.7 Å². The average Bonchev–Trinajstić information content (AvgIpc) is 3.30. The Labute approximate surface area is 297 Å². The fourth-order valence-electron chi connectivity index (χ4n) is 8.18. The molecule has 0 bridgehead atoms. The number of likely N-dealkylation sites (tertiary alicyclic amines) is 1. The van der Waals surface area contributed by atoms with Crippen LogP contribution in [-0.4, -0.2) is 50.7 Å². The van der Waals surface area contributed by atoms with E-state index in [1.165, 1.54) is 89.0 Å². The van der Waals surface area contributed by atoms with Crippen LogP contribution < -0.4 is 10.7 Å². The summed E-state index contributed by atoms with van der Waals surface area (Å²) in [5.41, 5.74) is 3.33. The Kier molecular flexibility index (Phi) is 17.3. The van der Waals surface area contributed by atoms with Crippen molar-refractivity contribution in [2.24, 2.45) is 5.92 Å². The number of carbonyl (C=O) groups excluding carboxylic acids is 4. The minimum atomic E-state index is -0.637. The zero-order valence-electron chi connectivity index (χ0n) is 31.6. The fourth-order valence-corrected chi connectivity index (χ4v) is 8.18. The molecule has 2 heterocycles. The van der Waals surface area contributed by atoms with E-state index in [1.807, 2.05) is 6.07 Å². The summed E-state index contributed by atoms with van der Waals surface area (Å²) in [6.45, 7) is 11.9. The van der Waals surface area contributed by atoms with Gasteiger partial charge in [0.1, 0.15) is 6.42 Å². The minimum absolute atomic E-state index is 0.0866. The quantitative estimate of drug-likeness (QED) is 0.0684. The predicted octanol–water partition coefficient (Wildman–Crippen LogP) is 8.77. The summed E-state index contributed by atoms with van der Waals surface area (Å²) in [5.74, 6) is -2.17. The van der Waals surface area contributed by atoms with Gasteiger partial charge in [0.05, 0.1) is 0 Å². The Morgan fingerprint density at radius 2 is 1.20 bits per heavy atom. The number of hydrazine groups is 1. The van der Waals surface area contributed by atoms with Gasteiger partial charge in [-0.1, -0.05) is 140 Å². The van der Waals surface area contributed by atoms with Crippen molar-refractivity contribution < 1.29 is 19.2 Å². The van der Waals surface area contributed by atoms with Crippen LogP contribution in [0.4, 0.5) is 0 Å². The maximum absolute atomic E-state index is 12.9. The van der Waals surface area contributed by atoms with E-state index in [0.29, 0.717) is 6.42 Å². The highest BCUT2D eigenvalue weighted by molar-refractivity contribution is 6.06. The molecule has 49 heavy (non-hydrogen) atoms. The molecule has 0 aromatic heterocycles. The number of nitrogens with one attached hydrogen (secondary N) is 2. The second-order valence-corrected chi connectivity index (χ2v) is 16.1. The molecule has 0 saturated carbocycles. The lowest BCUT2D eigenvalue weighted by Gasteiger charge is -2.55. The number of amides is 4. The van der Waals surface area contributed by atoms with Gasteiger partial charge in [-0.05, 0) is 52.5 Å². The first kappa shape index (κ1) is 40.7. The monoisotopic (exact) mass is 681 g/mol. The van der Waals surface area contributed by atoms with Gasteiger partial charge in [0.2, 0.25) is 17.7 Å². The molecule has 2 aliphatic rings. The average molecular weight is 681 g/mol. The van der Waals surface area contributed by atoms with Gasteiger partial charge in [-0.25, -0.2) is 0 Å². The summed E-state index contributed by atoms with van der Waals surface area (Å²) in [5, 5.41) is 3.91. The predicted molar refractivity (Wildman–Crippen MR) is 198 cm³/mol. The van der Waals surface area contributed by atoms with Crippen molar-refractivity contribution in [3.63, 3.8) is 0 Å². The lowest BCUT2D eigenvalue weighted by Crippen LogP contribution is -2.63. The molecule has 4 amide bonds. The number of unbranched alkanes of at least 4 members (excludes halogenated alkanes) is 15. The van der Waals surface area contributed by atoms with Gasteiger partial charge in [-0.2, -0.15) is 5.01 Å². The molecule has 1 aromatic carbocycles. The van der Waals surface area contributed by atoms with Gasteiger partial charge in [-0.15, -0.1) is 0 Å². The first-order valence-electron chi connectivity index (χ1n) is 19.7. The third-order valence-corrected chi connectivity index (χ3v) is 10.7. The van der Waals surface area contributed by atoms with Crippen LogP contribution in [0, 0.1) is 5.92 Å². The second-order valence-electron chi connectivity index (χ2n) is 16.1. The molecule has 2 fully saturated rings. The summed E-state index contributed by atoms with van der Waals surface area (Å²) in [4.78, 5) is 53.7. The third kappa shape index (κ3) is 14.2. The molecule has 1 unspecified atom stereocenters. The highest BCUT2D eigenvalue weighted by Gasteiger charge is 2.45. The number of rotatable bonds is 23. The Morgan fingerprint density at radius 3 is 1.71 bits per heavy atom. The number of carbonyl (C=O) groups is 4. The highest BCUT2D eigenvalue weighted by Crippen LogP contribution is 2.39. The minimum Gasteiger partial charge on any atom is -0.353 e. The van der Waals surface area contributed by atoms with E-state index in [0.717, 1.165) is 43.7 Å². The maximum Gasteiger partial charge on any atom is 0.251 e. The normalized spacial score (nSPS) is 19.4. The Bertz CT molecular complexity index is 1150. The standard InChI is InChI=1S/C41H68N4O4/c1-6-7-8-9-10-11-12-13-14-15-16-17-18-19-20-24-27-34-28-38(48)45(39(34)49)43-37(47)29-36(46)42-35-30-40(2,3)44(41(4,5)31-35)32-33-25-22-21-23-26-33/h21-23,25-26,34-35H,6-20,24,27-32H2,1-5H3,(H,42,46)(H,43,47). The van der Waals surface area contributed by atoms with Crippen LogP contribution in [0.3, 0.4) is 0 Å². The van der Waals surface area contributed by atoms with E-state index in [1.54, 1.807) is 0 Å². The van der Waals surface area contributed by atoms with E-state index in [-0.39, 0.29) is 35.4 Å². The lowest BCUT2D eigenvalue weighted by atomic mass is 9.76. The second kappa shape index (κ2) is 20.8. The molecule has 1 aromatic rings. The van der Waals surface area contributed by atoms with Crippen LogP contribution in [0.15, 0.2) is 30.3 Å². The van der Waals surface area contributed by atoms with E-state index in [2.05, 4.69) is 74.5 Å². The van der Waals surface area contributed by atoms with E-state index in [9.17, 15) is 19.2 Å². The molecule has 0 aliphatic carbocycles. The molecule has 2 aliphatic heterocycles. The number of hydrogen-bond acceptors (Lipinski definition) is 5. The van der Waals surface area contributed by atoms with E-state index < -0.39 is 24.1 Å². The molecular weight excluding hydrogens is 612 g/mol. The molecule has 2 N–H and O–H groups in total. The molecule has 8 nitrogen and oxygen atoms in total. The Hall–Kier alpha value is -2.74. The molecule has 1 atom stereocenters. The van der Waals surface area contributed by atoms with Gasteiger partial charge in [-0.3, -0.25) is 29.5 Å². The zero-order valence-corrected chi connectivity index (χ0v) is 31.6. The van der Waals surface area contributed by atoms with E-state index in [4.69, 9.17) is 0 Å². The first-order valence-corrected chi connectivity index (χ1v) is 19.7. The van der Waals surface area contributed by atoms with Gasteiger partial charge >= 0.3 is 0 Å². The molecule has 276 valence electrons. The third-order valence-electron chi connectivity index (χ3n) is 10.7. The van der Waals surface area contributed by atoms with Crippen LogP contribution in [0.25, 0.3) is 0 Å². The van der Waals surface area contributed by atoms with Crippen molar-refractivity contribution in [2.45, 2.75) is 193 Å². The van der Waals surface area contributed by atoms with Crippen molar-refractivity contribution in [1.82, 2.24) is 20.7 Å². The van der Waals surface area contributed by atoms with Crippen LogP contribution in [0.5, 0.6) is 0 Å². The zero-order chi connectivity index (χ0) is 35.7. The van der Waals surface area contributed by atoms with Crippen LogP contribution in [0.2, 0.25) is 0 Å². The molecule has 8 heteroatoms. The molecule has 0 radical (unpaired) electrons. The van der Waals surface area contributed by atoms with Gasteiger partial charge in [0.15, 0.2) is 0 Å². The molecule has 3 rings (SSSR count). The SMILES string of the molecule is CCCCCCCCCCCCCCCCCCC1CC(=O)N(NC(=O)CC(=O)NC2CC(C)(C)N(Cc3ccccc3)C(C)(C)C2)C1=O. The topological polar surface area (TPSA) is 98.8 Å². The number of nitrogens with zero attached hydrogens (tertiary/aromatic N) is 2. The lowest BCUT2D eigenvalue weighted by molar-refractivity contribution is -0.149. The van der Waals surface area contributed by atoms with Crippen molar-refractivity contribution >= 4 is 23.6 Å². The maximum atomic E-state index is 12.9. The summed E-state index contributed by atoms with van der Waals surface area (Å²) < 4.78 is 0. The number of hydrogen-bond donors (Lipinski definition) is 2. The summed E-state index contributed by atoms with van der Waals surface area (Å²) in [6, 6.07) is 10.3. The van der Waals surface area contributed by atoms with Crippen molar-refractivity contribution in [2.75, 3.05) is 0 Å². The Morgan fingerprint density at radius 1 is 0.714 bits per heavy atom. The molecule has 2 saturated heterocycles. The first-order chi connectivity index (χ1) is 23.4.